The maximum Gasteiger partial charge on any atom is 0.224 e. The molecular weight excluding hydrogens is 490 g/mol. The molecule has 2 nitrogen and oxygen atoms in total. The molecule has 2 N–H and O–H groups in total. The van der Waals surface area contributed by atoms with Gasteiger partial charge < -0.3 is 5.73 Å². The Bertz CT molecular complexity index is 1040. The second kappa shape index (κ2) is 10.5. The first-order valence-electron chi connectivity index (χ1n) is 17.8. The van der Waals surface area contributed by atoms with Crippen LogP contribution in [0, 0.1) is 28.1 Å². The SMILES string of the molecule is CCCCCCCCC1=C(CCCCCC)C(CC)=[Si](C23CCCCCCCCC4(C(N)=O)C5C46C2C536)C1C. The number of fused-ring (bicyclic) bond motifs is 1. The molecular formula is C36H59NOSi. The van der Waals surface area contributed by atoms with Crippen LogP contribution in [0.15, 0.2) is 11.1 Å². The predicted octanol–water partition coefficient (Wildman–Crippen LogP) is 9.67. The monoisotopic (exact) mass is 549 g/mol. The second-order valence-electron chi connectivity index (χ2n) is 14.8. The number of hydrogen-bond acceptors (Lipinski definition) is 1. The van der Waals surface area contributed by atoms with Crippen LogP contribution in [0.1, 0.15) is 163 Å². The van der Waals surface area contributed by atoms with Crippen molar-refractivity contribution in [2.24, 2.45) is 33.8 Å². The van der Waals surface area contributed by atoms with Crippen LogP contribution in [0.5, 0.6) is 0 Å². The first kappa shape index (κ1) is 28.4. The van der Waals surface area contributed by atoms with Gasteiger partial charge in [0.1, 0.15) is 0 Å². The zero-order valence-electron chi connectivity index (χ0n) is 26.1. The van der Waals surface area contributed by atoms with Crippen LogP contribution in [-0.2, 0) is 4.79 Å². The third-order valence-corrected chi connectivity index (χ3v) is 17.8. The van der Waals surface area contributed by atoms with E-state index in [1.54, 1.807) is 0 Å². The van der Waals surface area contributed by atoms with Crippen molar-refractivity contribution in [1.82, 2.24) is 0 Å². The smallest absolute Gasteiger partial charge is 0.224 e. The minimum atomic E-state index is -0.617. The number of nitrogens with two attached hydrogens (primary N) is 1. The van der Waals surface area contributed by atoms with Gasteiger partial charge in [0.15, 0.2) is 0 Å². The van der Waals surface area contributed by atoms with Gasteiger partial charge in [-0.3, -0.25) is 4.79 Å². The van der Waals surface area contributed by atoms with E-state index in [1.165, 1.54) is 128 Å². The highest BCUT2D eigenvalue weighted by Crippen LogP contribution is 3.34. The van der Waals surface area contributed by atoms with Crippen molar-refractivity contribution in [3.8, 4) is 0 Å². The summed E-state index contributed by atoms with van der Waals surface area (Å²) in [6, 6.07) is 0. The van der Waals surface area contributed by atoms with Crippen LogP contribution in [0.4, 0.5) is 0 Å². The summed E-state index contributed by atoms with van der Waals surface area (Å²) in [6.07, 6.45) is 28.8. The quantitative estimate of drug-likeness (QED) is 0.160. The van der Waals surface area contributed by atoms with Crippen molar-refractivity contribution in [2.45, 2.75) is 173 Å². The van der Waals surface area contributed by atoms with E-state index in [0.717, 1.165) is 17.9 Å². The zero-order valence-corrected chi connectivity index (χ0v) is 27.1. The number of hydrogen-bond donors (Lipinski definition) is 1. The molecule has 6 aliphatic rings. The molecule has 39 heavy (non-hydrogen) atoms. The van der Waals surface area contributed by atoms with Crippen molar-refractivity contribution in [3.63, 3.8) is 0 Å². The molecule has 6 rings (SSSR count). The summed E-state index contributed by atoms with van der Waals surface area (Å²) in [5.74, 6) is 1.69. The highest BCUT2D eigenvalue weighted by atomic mass is 28.2. The van der Waals surface area contributed by atoms with E-state index in [4.69, 9.17) is 5.73 Å². The Morgan fingerprint density at radius 1 is 0.769 bits per heavy atom. The van der Waals surface area contributed by atoms with Gasteiger partial charge in [0.2, 0.25) is 5.91 Å². The van der Waals surface area contributed by atoms with Crippen LogP contribution in [0.3, 0.4) is 0 Å². The topological polar surface area (TPSA) is 43.1 Å². The number of primary amides is 1. The summed E-state index contributed by atoms with van der Waals surface area (Å²) in [4.78, 5) is 12.9. The third kappa shape index (κ3) is 3.50. The number of carbonyl (C=O) groups excluding carboxylic acids is 1. The molecule has 2 spiro atoms. The van der Waals surface area contributed by atoms with Crippen molar-refractivity contribution < 1.29 is 4.79 Å². The number of unbranched alkanes of at least 4 members (excludes halogenated alkanes) is 8. The Morgan fingerprint density at radius 2 is 1.36 bits per heavy atom. The lowest BCUT2D eigenvalue weighted by molar-refractivity contribution is -0.126. The van der Waals surface area contributed by atoms with Gasteiger partial charge in [-0.2, -0.15) is 0 Å². The van der Waals surface area contributed by atoms with Crippen LogP contribution in [0.25, 0.3) is 0 Å². The van der Waals surface area contributed by atoms with Gasteiger partial charge in [0.25, 0.3) is 0 Å². The minimum absolute atomic E-state index is 0.0608. The average molecular weight is 550 g/mol. The average Bonchev–Trinajstić information content (AvgIpc) is 3.86. The molecule has 3 heteroatoms. The number of rotatable bonds is 15. The van der Waals surface area contributed by atoms with Gasteiger partial charge in [0.05, 0.1) is 5.41 Å². The van der Waals surface area contributed by atoms with E-state index in [9.17, 15) is 4.79 Å². The largest absolute Gasteiger partial charge is 0.369 e. The highest BCUT2D eigenvalue weighted by molar-refractivity contribution is 6.81. The molecule has 7 unspecified atom stereocenters. The lowest BCUT2D eigenvalue weighted by atomic mass is 9.78. The summed E-state index contributed by atoms with van der Waals surface area (Å²) in [5.41, 5.74) is 11.8. The van der Waals surface area contributed by atoms with Crippen molar-refractivity contribution in [2.75, 3.05) is 0 Å². The fourth-order valence-corrected chi connectivity index (χ4v) is 17.7. The standard InChI is InChI=1S/C36H59NOSi/c1-5-8-10-12-15-19-22-27-26(4)39(29(7-3)28(27)23-18-11-9-6-2)34-25-21-17-14-13-16-20-24-33(32(37)38)30-35(33)31(34)36(30,34)35/h26,30-31H,5-25H2,1-4H3,(H2,37,38). The molecule has 1 heterocycles. The second-order valence-corrected chi connectivity index (χ2v) is 18.0. The van der Waals surface area contributed by atoms with Crippen molar-refractivity contribution in [1.29, 1.82) is 0 Å². The maximum atomic E-state index is 12.9. The van der Waals surface area contributed by atoms with Crippen molar-refractivity contribution >= 4 is 19.5 Å². The van der Waals surface area contributed by atoms with Gasteiger partial charge in [-0.15, -0.1) is 0 Å². The van der Waals surface area contributed by atoms with Gasteiger partial charge in [0, 0.05) is 13.8 Å². The first-order valence-corrected chi connectivity index (χ1v) is 19.3. The van der Waals surface area contributed by atoms with Crippen LogP contribution < -0.4 is 5.73 Å². The first-order chi connectivity index (χ1) is 19.0. The summed E-state index contributed by atoms with van der Waals surface area (Å²) in [5, 5.41) is 2.62. The summed E-state index contributed by atoms with van der Waals surface area (Å²) in [6.45, 7) is 9.86. The Balaban J connectivity index is 1.26. The number of amides is 1. The Labute approximate surface area is 242 Å². The van der Waals surface area contributed by atoms with Crippen LogP contribution in [-0.4, -0.2) is 19.5 Å². The van der Waals surface area contributed by atoms with Crippen molar-refractivity contribution in [3.05, 3.63) is 11.1 Å². The Hall–Kier alpha value is -0.703. The fraction of sp³-hybridized carbons (Fsp3) is 0.889. The van der Waals surface area contributed by atoms with E-state index in [-0.39, 0.29) is 11.3 Å². The zero-order chi connectivity index (χ0) is 27.5. The lowest BCUT2D eigenvalue weighted by Crippen LogP contribution is -2.40. The Morgan fingerprint density at radius 3 is 1.97 bits per heavy atom. The number of allylic oxidation sites excluding steroid dienone is 2. The van der Waals surface area contributed by atoms with E-state index in [1.807, 2.05) is 16.3 Å². The Kier molecular flexibility index (Phi) is 7.68. The molecule has 0 saturated heterocycles. The maximum absolute atomic E-state index is 12.9. The van der Waals surface area contributed by atoms with E-state index < -0.39 is 8.41 Å². The molecule has 1 amide bonds. The fourth-order valence-electron chi connectivity index (χ4n) is 12.1. The van der Waals surface area contributed by atoms with E-state index >= 15 is 0 Å². The van der Waals surface area contributed by atoms with E-state index in [0.29, 0.717) is 21.8 Å². The molecule has 5 aliphatic carbocycles. The molecule has 0 bridgehead atoms. The molecule has 0 radical (unpaired) electrons. The molecule has 218 valence electrons. The predicted molar refractivity (Wildman–Crippen MR) is 167 cm³/mol. The molecule has 0 aromatic heterocycles. The van der Waals surface area contributed by atoms with Crippen LogP contribution in [0.2, 0.25) is 10.6 Å². The summed E-state index contributed by atoms with van der Waals surface area (Å²) in [7, 11) is -0.617. The van der Waals surface area contributed by atoms with Gasteiger partial charge in [-0.25, -0.2) is 0 Å². The van der Waals surface area contributed by atoms with E-state index in [2.05, 4.69) is 27.7 Å². The van der Waals surface area contributed by atoms with Gasteiger partial charge in [-0.1, -0.05) is 128 Å². The number of carbonyl (C=O) groups is 1. The molecule has 0 aromatic carbocycles. The van der Waals surface area contributed by atoms with Gasteiger partial charge in [-0.05, 0) is 78.3 Å². The normalized spacial score (nSPS) is 41.5. The minimum Gasteiger partial charge on any atom is -0.369 e. The highest BCUT2D eigenvalue weighted by Gasteiger charge is 3.32. The molecule has 7 atom stereocenters. The molecule has 5 saturated carbocycles. The van der Waals surface area contributed by atoms with Gasteiger partial charge >= 0.3 is 0 Å². The molecule has 1 aliphatic heterocycles. The summed E-state index contributed by atoms with van der Waals surface area (Å²) < 4.78 is 0. The molecule has 0 aromatic rings. The third-order valence-electron chi connectivity index (χ3n) is 13.4. The van der Waals surface area contributed by atoms with Crippen LogP contribution >= 0.6 is 0 Å². The lowest BCUT2D eigenvalue weighted by Gasteiger charge is -2.37. The summed E-state index contributed by atoms with van der Waals surface area (Å²) >= 11 is 0. The molecule has 5 fully saturated rings.